The van der Waals surface area contributed by atoms with Gasteiger partial charge in [-0.05, 0) is 17.0 Å². The molecule has 120 valence electrons. The number of hydrogen-bond donors (Lipinski definition) is 1. The molecular weight excluding hydrogens is 284 g/mol. The largest absolute Gasteiger partial charge is 0.466 e. The zero-order valence-corrected chi connectivity index (χ0v) is 13.4. The highest BCUT2D eigenvalue weighted by atomic mass is 16.5. The van der Waals surface area contributed by atoms with Crippen molar-refractivity contribution >= 4 is 11.9 Å². The van der Waals surface area contributed by atoms with Crippen LogP contribution in [0.15, 0.2) is 35.4 Å². The first kappa shape index (κ1) is 17.9. The van der Waals surface area contributed by atoms with E-state index in [1.807, 2.05) is 26.0 Å². The summed E-state index contributed by atoms with van der Waals surface area (Å²) in [5, 5.41) is 9.06. The van der Waals surface area contributed by atoms with Crippen LogP contribution >= 0.6 is 0 Å². The Morgan fingerprint density at radius 1 is 1.00 bits per heavy atom. The molecule has 0 atom stereocenters. The highest BCUT2D eigenvalue weighted by molar-refractivity contribution is 6.00. The number of aliphatic hydroxyl groups is 1. The number of carbonyl (C=O) groups is 2. The maximum Gasteiger partial charge on any atom is 0.334 e. The summed E-state index contributed by atoms with van der Waals surface area (Å²) in [7, 11) is 2.57. The van der Waals surface area contributed by atoms with Crippen LogP contribution in [0, 0.1) is 5.92 Å². The maximum atomic E-state index is 12.1. The van der Waals surface area contributed by atoms with Crippen LogP contribution < -0.4 is 0 Å². The molecule has 5 nitrogen and oxygen atoms in total. The third-order valence-electron chi connectivity index (χ3n) is 3.33. The number of ether oxygens (including phenoxy) is 2. The van der Waals surface area contributed by atoms with Crippen molar-refractivity contribution in [1.82, 2.24) is 0 Å². The van der Waals surface area contributed by atoms with E-state index < -0.39 is 11.9 Å². The van der Waals surface area contributed by atoms with Crippen molar-refractivity contribution in [3.8, 4) is 0 Å². The van der Waals surface area contributed by atoms with Crippen LogP contribution in [-0.2, 0) is 32.1 Å². The first-order valence-corrected chi connectivity index (χ1v) is 7.02. The molecule has 0 aliphatic rings. The van der Waals surface area contributed by atoms with Gasteiger partial charge in [-0.2, -0.15) is 0 Å². The van der Waals surface area contributed by atoms with Crippen LogP contribution in [-0.4, -0.2) is 31.3 Å². The van der Waals surface area contributed by atoms with E-state index >= 15 is 0 Å². The Labute approximate surface area is 130 Å². The van der Waals surface area contributed by atoms with E-state index in [9.17, 15) is 9.59 Å². The van der Waals surface area contributed by atoms with E-state index in [1.165, 1.54) is 14.2 Å². The Morgan fingerprint density at radius 3 is 1.91 bits per heavy atom. The minimum Gasteiger partial charge on any atom is -0.466 e. The van der Waals surface area contributed by atoms with Crippen LogP contribution in [0.2, 0.25) is 0 Å². The highest BCUT2D eigenvalue weighted by Crippen LogP contribution is 2.22. The Balaban J connectivity index is 3.26. The molecule has 0 radical (unpaired) electrons. The zero-order chi connectivity index (χ0) is 16.7. The van der Waals surface area contributed by atoms with Gasteiger partial charge in [0.2, 0.25) is 0 Å². The van der Waals surface area contributed by atoms with Crippen molar-refractivity contribution in [2.45, 2.75) is 26.9 Å². The highest BCUT2D eigenvalue weighted by Gasteiger charge is 2.25. The number of esters is 2. The second-order valence-corrected chi connectivity index (χ2v) is 5.18. The molecule has 0 aliphatic heterocycles. The van der Waals surface area contributed by atoms with E-state index in [4.69, 9.17) is 14.6 Å². The van der Waals surface area contributed by atoms with Crippen molar-refractivity contribution in [3.63, 3.8) is 0 Å². The number of carbonyl (C=O) groups excluding carboxylic acids is 2. The van der Waals surface area contributed by atoms with E-state index in [2.05, 4.69) is 0 Å². The average Bonchev–Trinajstić information content (AvgIpc) is 2.53. The lowest BCUT2D eigenvalue weighted by Gasteiger charge is -2.15. The predicted molar refractivity (Wildman–Crippen MR) is 82.0 cm³/mol. The zero-order valence-electron chi connectivity index (χ0n) is 13.4. The maximum absolute atomic E-state index is 12.1. The van der Waals surface area contributed by atoms with Crippen LogP contribution in [0.5, 0.6) is 0 Å². The fourth-order valence-electron chi connectivity index (χ4n) is 2.18. The number of hydrogen-bond acceptors (Lipinski definition) is 5. The lowest BCUT2D eigenvalue weighted by atomic mass is 9.92. The van der Waals surface area contributed by atoms with Crippen LogP contribution in [0.4, 0.5) is 0 Å². The molecule has 0 unspecified atom stereocenters. The molecule has 0 aliphatic carbocycles. The van der Waals surface area contributed by atoms with E-state index in [-0.39, 0.29) is 18.9 Å². The lowest BCUT2D eigenvalue weighted by Crippen LogP contribution is -2.20. The molecule has 0 amide bonds. The van der Waals surface area contributed by atoms with Gasteiger partial charge in [-0.25, -0.2) is 9.59 Å². The molecule has 0 saturated carbocycles. The van der Waals surface area contributed by atoms with Gasteiger partial charge in [0.25, 0.3) is 0 Å². The van der Waals surface area contributed by atoms with Gasteiger partial charge in [-0.3, -0.25) is 0 Å². The summed E-state index contributed by atoms with van der Waals surface area (Å²) in [5.41, 5.74) is 2.24. The smallest absolute Gasteiger partial charge is 0.334 e. The van der Waals surface area contributed by atoms with Gasteiger partial charge < -0.3 is 14.6 Å². The topological polar surface area (TPSA) is 72.8 Å². The molecular formula is C17H22O5. The normalized spacial score (nSPS) is 11.9. The summed E-state index contributed by atoms with van der Waals surface area (Å²) >= 11 is 0. The predicted octanol–water partition coefficient (Wildman–Crippen LogP) is 2.02. The van der Waals surface area contributed by atoms with Gasteiger partial charge in [0.1, 0.15) is 0 Å². The minimum absolute atomic E-state index is 0.0423. The Kier molecular flexibility index (Phi) is 6.79. The Hall–Kier alpha value is -2.14. The molecule has 0 aromatic heterocycles. The van der Waals surface area contributed by atoms with Crippen molar-refractivity contribution in [2.75, 3.05) is 14.2 Å². The molecule has 22 heavy (non-hydrogen) atoms. The van der Waals surface area contributed by atoms with Gasteiger partial charge in [0, 0.05) is 6.42 Å². The lowest BCUT2D eigenvalue weighted by molar-refractivity contribution is -0.139. The summed E-state index contributed by atoms with van der Waals surface area (Å²) in [4.78, 5) is 24.1. The number of methoxy groups -OCH3 is 2. The molecule has 1 rings (SSSR count). The molecule has 0 bridgehead atoms. The first-order valence-electron chi connectivity index (χ1n) is 7.02. The second-order valence-electron chi connectivity index (χ2n) is 5.18. The SMILES string of the molecule is COC(=O)/C(Cc1ccc(CO)cc1)=C(\C(=O)OC)C(C)C. The van der Waals surface area contributed by atoms with Crippen molar-refractivity contribution in [3.05, 3.63) is 46.5 Å². The summed E-state index contributed by atoms with van der Waals surface area (Å²) in [6.07, 6.45) is 0.265. The Bertz CT molecular complexity index is 555. The quantitative estimate of drug-likeness (QED) is 0.643. The summed E-state index contributed by atoms with van der Waals surface area (Å²) < 4.78 is 9.60. The van der Waals surface area contributed by atoms with Crippen LogP contribution in [0.25, 0.3) is 0 Å². The van der Waals surface area contributed by atoms with Gasteiger partial charge >= 0.3 is 11.9 Å². The molecule has 1 aromatic rings. The van der Waals surface area contributed by atoms with Crippen molar-refractivity contribution < 1.29 is 24.2 Å². The van der Waals surface area contributed by atoms with Gasteiger partial charge in [0.15, 0.2) is 0 Å². The van der Waals surface area contributed by atoms with Gasteiger partial charge in [0.05, 0.1) is 32.0 Å². The monoisotopic (exact) mass is 306 g/mol. The van der Waals surface area contributed by atoms with Gasteiger partial charge in [-0.1, -0.05) is 38.1 Å². The van der Waals surface area contributed by atoms with E-state index in [1.54, 1.807) is 12.1 Å². The summed E-state index contributed by atoms with van der Waals surface area (Å²) in [5.74, 6) is -1.24. The molecule has 0 heterocycles. The second kappa shape index (κ2) is 8.34. The van der Waals surface area contributed by atoms with E-state index in [0.29, 0.717) is 11.1 Å². The summed E-state index contributed by atoms with van der Waals surface area (Å²) in [6, 6.07) is 7.17. The number of aliphatic hydroxyl groups excluding tert-OH is 1. The average molecular weight is 306 g/mol. The third kappa shape index (κ3) is 4.43. The minimum atomic E-state index is -0.541. The number of benzene rings is 1. The molecule has 0 saturated heterocycles. The molecule has 0 fully saturated rings. The standard InChI is InChI=1S/C17H22O5/c1-11(2)15(17(20)22-4)14(16(19)21-3)9-12-5-7-13(10-18)8-6-12/h5-8,11,18H,9-10H2,1-4H3/b15-14-. The van der Waals surface area contributed by atoms with E-state index in [0.717, 1.165) is 11.1 Å². The van der Waals surface area contributed by atoms with Crippen molar-refractivity contribution in [2.24, 2.45) is 5.92 Å². The number of rotatable bonds is 6. The summed E-state index contributed by atoms with van der Waals surface area (Å²) in [6.45, 7) is 3.60. The fraction of sp³-hybridized carbons (Fsp3) is 0.412. The fourth-order valence-corrected chi connectivity index (χ4v) is 2.18. The molecule has 1 aromatic carbocycles. The van der Waals surface area contributed by atoms with Crippen LogP contribution in [0.1, 0.15) is 25.0 Å². The van der Waals surface area contributed by atoms with Gasteiger partial charge in [-0.15, -0.1) is 0 Å². The Morgan fingerprint density at radius 2 is 1.50 bits per heavy atom. The third-order valence-corrected chi connectivity index (χ3v) is 3.33. The first-order chi connectivity index (χ1) is 10.4. The van der Waals surface area contributed by atoms with Crippen LogP contribution in [0.3, 0.4) is 0 Å². The molecule has 0 spiro atoms. The van der Waals surface area contributed by atoms with Crippen molar-refractivity contribution in [1.29, 1.82) is 0 Å². The molecule has 1 N–H and O–H groups in total. The molecule has 5 heteroatoms.